The monoisotopic (exact) mass is 398 g/mol. The van der Waals surface area contributed by atoms with Crippen LogP contribution >= 0.6 is 0 Å². The van der Waals surface area contributed by atoms with Crippen LogP contribution in [0.2, 0.25) is 0 Å². The van der Waals surface area contributed by atoms with E-state index in [1.807, 2.05) is 0 Å². The van der Waals surface area contributed by atoms with E-state index in [0.29, 0.717) is 38.0 Å². The molecule has 6 nitrogen and oxygen atoms in total. The van der Waals surface area contributed by atoms with Crippen LogP contribution in [-0.2, 0) is 22.6 Å². The summed E-state index contributed by atoms with van der Waals surface area (Å²) in [5.74, 6) is -1.75. The van der Waals surface area contributed by atoms with Gasteiger partial charge in [-0.05, 0) is 42.2 Å². The molecule has 0 bridgehead atoms. The summed E-state index contributed by atoms with van der Waals surface area (Å²) in [6.07, 6.45) is 1.15. The molecule has 7 heteroatoms. The summed E-state index contributed by atoms with van der Waals surface area (Å²) < 4.78 is 12.9. The third-order valence-electron chi connectivity index (χ3n) is 5.19. The summed E-state index contributed by atoms with van der Waals surface area (Å²) >= 11 is 0. The molecule has 0 saturated carbocycles. The second-order valence-corrected chi connectivity index (χ2v) is 7.14. The first-order chi connectivity index (χ1) is 13.9. The number of hydrogen-bond donors (Lipinski definition) is 2. The summed E-state index contributed by atoms with van der Waals surface area (Å²) in [6.45, 7) is 1.26. The number of benzene rings is 2. The van der Waals surface area contributed by atoms with E-state index in [1.165, 1.54) is 18.2 Å². The highest BCUT2D eigenvalue weighted by Gasteiger charge is 2.27. The standard InChI is InChI=1S/C22H23FN2O4/c23-18-7-5-15(6-8-18)14-24-21(27)16-9-11-25(12-10-16)20(26)13-17-3-1-2-4-19(17)22(28)29/h1-8,16H,9-14H2,(H,24,27)(H,28,29). The van der Waals surface area contributed by atoms with Crippen LogP contribution in [0.15, 0.2) is 48.5 Å². The number of amides is 2. The first-order valence-electron chi connectivity index (χ1n) is 9.55. The Hall–Kier alpha value is -3.22. The summed E-state index contributed by atoms with van der Waals surface area (Å²) in [5.41, 5.74) is 1.45. The quantitative estimate of drug-likeness (QED) is 0.783. The average molecular weight is 398 g/mol. The second-order valence-electron chi connectivity index (χ2n) is 7.14. The van der Waals surface area contributed by atoms with Crippen LogP contribution in [-0.4, -0.2) is 40.9 Å². The van der Waals surface area contributed by atoms with Crippen molar-refractivity contribution in [2.45, 2.75) is 25.8 Å². The number of rotatable bonds is 6. The Kier molecular flexibility index (Phi) is 6.59. The van der Waals surface area contributed by atoms with Crippen LogP contribution < -0.4 is 5.32 Å². The van der Waals surface area contributed by atoms with Crippen molar-refractivity contribution >= 4 is 17.8 Å². The lowest BCUT2D eigenvalue weighted by molar-refractivity contribution is -0.135. The molecule has 1 fully saturated rings. The fraction of sp³-hybridized carbons (Fsp3) is 0.318. The van der Waals surface area contributed by atoms with Crippen molar-refractivity contribution < 1.29 is 23.9 Å². The molecule has 0 aliphatic carbocycles. The average Bonchev–Trinajstić information content (AvgIpc) is 2.73. The van der Waals surface area contributed by atoms with Gasteiger partial charge in [-0.25, -0.2) is 9.18 Å². The number of carboxylic acid groups (broad SMARTS) is 1. The van der Waals surface area contributed by atoms with Crippen LogP contribution in [0.3, 0.4) is 0 Å². The molecule has 0 atom stereocenters. The molecule has 152 valence electrons. The molecule has 2 aromatic rings. The molecular formula is C22H23FN2O4. The Morgan fingerprint density at radius 2 is 1.69 bits per heavy atom. The number of nitrogens with zero attached hydrogens (tertiary/aromatic N) is 1. The third-order valence-corrected chi connectivity index (χ3v) is 5.19. The van der Waals surface area contributed by atoms with Crippen LogP contribution in [0.1, 0.15) is 34.3 Å². The SMILES string of the molecule is O=C(O)c1ccccc1CC(=O)N1CCC(C(=O)NCc2ccc(F)cc2)CC1. The van der Waals surface area contributed by atoms with Crippen molar-refractivity contribution in [3.05, 3.63) is 71.0 Å². The van der Waals surface area contributed by atoms with E-state index >= 15 is 0 Å². The summed E-state index contributed by atoms with van der Waals surface area (Å²) in [6, 6.07) is 12.5. The highest BCUT2D eigenvalue weighted by molar-refractivity contribution is 5.91. The predicted octanol–water partition coefficient (Wildman–Crippen LogP) is 2.62. The maximum Gasteiger partial charge on any atom is 0.335 e. The molecule has 3 rings (SSSR count). The van der Waals surface area contributed by atoms with Gasteiger partial charge in [0, 0.05) is 25.6 Å². The zero-order valence-electron chi connectivity index (χ0n) is 15.9. The molecule has 0 aromatic heterocycles. The number of nitrogens with one attached hydrogen (secondary N) is 1. The van der Waals surface area contributed by atoms with Crippen molar-refractivity contribution in [2.75, 3.05) is 13.1 Å². The van der Waals surface area contributed by atoms with Crippen LogP contribution in [0.5, 0.6) is 0 Å². The Balaban J connectivity index is 1.48. The number of carbonyl (C=O) groups is 3. The molecule has 0 radical (unpaired) electrons. The van der Waals surface area contributed by atoms with Gasteiger partial charge in [-0.3, -0.25) is 9.59 Å². The predicted molar refractivity (Wildman–Crippen MR) is 105 cm³/mol. The third kappa shape index (κ3) is 5.40. The molecular weight excluding hydrogens is 375 g/mol. The van der Waals surface area contributed by atoms with Crippen LogP contribution in [0, 0.1) is 11.7 Å². The van der Waals surface area contributed by atoms with Gasteiger partial charge in [0.2, 0.25) is 11.8 Å². The summed E-state index contributed by atoms with van der Waals surface area (Å²) in [5, 5.41) is 12.1. The van der Waals surface area contributed by atoms with Crippen LogP contribution in [0.25, 0.3) is 0 Å². The van der Waals surface area contributed by atoms with E-state index in [0.717, 1.165) is 5.56 Å². The van der Waals surface area contributed by atoms with Gasteiger partial charge in [0.25, 0.3) is 0 Å². The van der Waals surface area contributed by atoms with Crippen molar-refractivity contribution in [1.82, 2.24) is 10.2 Å². The second kappa shape index (κ2) is 9.32. The maximum absolute atomic E-state index is 12.9. The Morgan fingerprint density at radius 1 is 1.03 bits per heavy atom. The normalized spacial score (nSPS) is 14.4. The molecule has 1 aliphatic rings. The molecule has 29 heavy (non-hydrogen) atoms. The van der Waals surface area contributed by atoms with E-state index in [4.69, 9.17) is 0 Å². The van der Waals surface area contributed by atoms with Gasteiger partial charge in [0.15, 0.2) is 0 Å². The smallest absolute Gasteiger partial charge is 0.335 e. The van der Waals surface area contributed by atoms with E-state index in [1.54, 1.807) is 35.2 Å². The minimum atomic E-state index is -1.05. The van der Waals surface area contributed by atoms with E-state index in [2.05, 4.69) is 5.32 Å². The van der Waals surface area contributed by atoms with Gasteiger partial charge >= 0.3 is 5.97 Å². The lowest BCUT2D eigenvalue weighted by atomic mass is 9.95. The number of likely N-dealkylation sites (tertiary alicyclic amines) is 1. The number of piperidine rings is 1. The number of carboxylic acids is 1. The Bertz CT molecular complexity index is 890. The van der Waals surface area contributed by atoms with Gasteiger partial charge in [0.1, 0.15) is 5.82 Å². The topological polar surface area (TPSA) is 86.7 Å². The molecule has 2 aromatic carbocycles. The van der Waals surface area contributed by atoms with Crippen LogP contribution in [0.4, 0.5) is 4.39 Å². The van der Waals surface area contributed by atoms with Gasteiger partial charge in [-0.1, -0.05) is 30.3 Å². The van der Waals surface area contributed by atoms with Gasteiger partial charge in [-0.15, -0.1) is 0 Å². The molecule has 1 aliphatic heterocycles. The minimum absolute atomic E-state index is 0.0316. The minimum Gasteiger partial charge on any atom is -0.478 e. The zero-order chi connectivity index (χ0) is 20.8. The molecule has 1 saturated heterocycles. The van der Waals surface area contributed by atoms with Crippen molar-refractivity contribution in [2.24, 2.45) is 5.92 Å². The first-order valence-corrected chi connectivity index (χ1v) is 9.55. The van der Waals surface area contributed by atoms with Gasteiger partial charge < -0.3 is 15.3 Å². The Labute approximate surface area is 168 Å². The lowest BCUT2D eigenvalue weighted by Gasteiger charge is -2.31. The lowest BCUT2D eigenvalue weighted by Crippen LogP contribution is -2.43. The Morgan fingerprint density at radius 3 is 2.34 bits per heavy atom. The van der Waals surface area contributed by atoms with Gasteiger partial charge in [-0.2, -0.15) is 0 Å². The molecule has 0 unspecified atom stereocenters. The fourth-order valence-corrected chi connectivity index (χ4v) is 3.48. The molecule has 1 heterocycles. The highest BCUT2D eigenvalue weighted by Crippen LogP contribution is 2.19. The molecule has 2 amide bonds. The van der Waals surface area contributed by atoms with Gasteiger partial charge in [0.05, 0.1) is 12.0 Å². The number of carbonyl (C=O) groups excluding carboxylic acids is 2. The summed E-state index contributed by atoms with van der Waals surface area (Å²) in [7, 11) is 0. The fourth-order valence-electron chi connectivity index (χ4n) is 3.48. The largest absolute Gasteiger partial charge is 0.478 e. The summed E-state index contributed by atoms with van der Waals surface area (Å²) in [4.78, 5) is 37.9. The van der Waals surface area contributed by atoms with Crippen molar-refractivity contribution in [1.29, 1.82) is 0 Å². The van der Waals surface area contributed by atoms with E-state index in [9.17, 15) is 23.9 Å². The van der Waals surface area contributed by atoms with E-state index < -0.39 is 5.97 Å². The number of halogens is 1. The maximum atomic E-state index is 12.9. The van der Waals surface area contributed by atoms with Crippen molar-refractivity contribution in [3.63, 3.8) is 0 Å². The number of hydrogen-bond acceptors (Lipinski definition) is 3. The zero-order valence-corrected chi connectivity index (χ0v) is 15.9. The molecule has 2 N–H and O–H groups in total. The highest BCUT2D eigenvalue weighted by atomic mass is 19.1. The first kappa shape index (κ1) is 20.5. The van der Waals surface area contributed by atoms with E-state index in [-0.39, 0.29) is 35.5 Å². The number of aromatic carboxylic acids is 1. The van der Waals surface area contributed by atoms with Crippen molar-refractivity contribution in [3.8, 4) is 0 Å². The molecule has 0 spiro atoms.